The number of carboxylic acid groups (broad SMARTS) is 1. The van der Waals surface area contributed by atoms with Crippen LogP contribution in [0.2, 0.25) is 5.02 Å². The van der Waals surface area contributed by atoms with Crippen LogP contribution in [0.4, 0.5) is 5.69 Å². The molecule has 1 aromatic rings. The second kappa shape index (κ2) is 7.62. The molecule has 0 radical (unpaired) electrons. The maximum Gasteiger partial charge on any atom is 0.307 e. The molecule has 0 aromatic heterocycles. The molecule has 0 spiro atoms. The monoisotopic (exact) mass is 309 g/mol. The molecule has 0 fully saturated rings. The fourth-order valence-electron chi connectivity index (χ4n) is 1.74. The Balaban J connectivity index is 2.56. The van der Waals surface area contributed by atoms with Crippen molar-refractivity contribution in [1.82, 2.24) is 4.90 Å². The van der Waals surface area contributed by atoms with Gasteiger partial charge in [-0.1, -0.05) is 18.5 Å². The average Bonchev–Trinajstić information content (AvgIpc) is 2.38. The first-order valence-corrected chi connectivity index (χ1v) is 6.62. The molecule has 1 unspecified atom stereocenters. The van der Waals surface area contributed by atoms with Gasteiger partial charge in [0.05, 0.1) is 23.0 Å². The third kappa shape index (κ3) is 5.42. The number of carboxylic acids is 1. The molecule has 0 heterocycles. The Labute approximate surface area is 127 Å². The van der Waals surface area contributed by atoms with Crippen LogP contribution >= 0.6 is 11.6 Å². The van der Waals surface area contributed by atoms with Crippen LogP contribution in [0.15, 0.2) is 18.2 Å². The van der Waals surface area contributed by atoms with Crippen molar-refractivity contribution in [3.05, 3.63) is 28.8 Å². The van der Waals surface area contributed by atoms with Crippen LogP contribution in [-0.2, 0) is 9.59 Å². The molecule has 1 amide bonds. The molecule has 0 bridgehead atoms. The van der Waals surface area contributed by atoms with E-state index in [2.05, 4.69) is 5.32 Å². The van der Waals surface area contributed by atoms with Crippen molar-refractivity contribution in [2.24, 2.45) is 5.92 Å². The Morgan fingerprint density at radius 3 is 2.71 bits per heavy atom. The molecule has 1 atom stereocenters. The Bertz CT molecular complexity index is 583. The number of amides is 1. The van der Waals surface area contributed by atoms with Crippen LogP contribution in [0.1, 0.15) is 12.5 Å². The number of benzene rings is 1. The number of carbonyl (C=O) groups excluding carboxylic acids is 1. The van der Waals surface area contributed by atoms with Crippen molar-refractivity contribution in [3.8, 4) is 6.07 Å². The van der Waals surface area contributed by atoms with Crippen molar-refractivity contribution in [2.45, 2.75) is 6.92 Å². The van der Waals surface area contributed by atoms with Crippen LogP contribution in [0.3, 0.4) is 0 Å². The zero-order valence-corrected chi connectivity index (χ0v) is 12.5. The minimum atomic E-state index is -0.902. The third-order valence-electron chi connectivity index (χ3n) is 2.79. The van der Waals surface area contributed by atoms with Gasteiger partial charge in [-0.05, 0) is 25.2 Å². The van der Waals surface area contributed by atoms with E-state index in [1.807, 2.05) is 6.07 Å². The van der Waals surface area contributed by atoms with Gasteiger partial charge in [0, 0.05) is 12.2 Å². The third-order valence-corrected chi connectivity index (χ3v) is 3.11. The summed E-state index contributed by atoms with van der Waals surface area (Å²) >= 11 is 5.87. The fraction of sp³-hybridized carbons (Fsp3) is 0.357. The highest BCUT2D eigenvalue weighted by molar-refractivity contribution is 6.32. The second-order valence-electron chi connectivity index (χ2n) is 4.79. The highest BCUT2D eigenvalue weighted by Gasteiger charge is 2.15. The topological polar surface area (TPSA) is 93.4 Å². The maximum absolute atomic E-state index is 11.8. The number of hydrogen-bond donors (Lipinski definition) is 2. The van der Waals surface area contributed by atoms with Crippen LogP contribution in [0.25, 0.3) is 0 Å². The predicted octanol–water partition coefficient (Wildman–Crippen LogP) is 1.80. The first-order chi connectivity index (χ1) is 9.83. The van der Waals surface area contributed by atoms with Gasteiger partial charge in [-0.2, -0.15) is 5.26 Å². The zero-order valence-electron chi connectivity index (χ0n) is 11.8. The van der Waals surface area contributed by atoms with Crippen molar-refractivity contribution < 1.29 is 14.7 Å². The van der Waals surface area contributed by atoms with E-state index in [9.17, 15) is 9.59 Å². The van der Waals surface area contributed by atoms with E-state index in [1.54, 1.807) is 24.9 Å². The number of carbonyl (C=O) groups is 2. The molecule has 1 aromatic carbocycles. The number of hydrogen-bond acceptors (Lipinski definition) is 4. The molecule has 0 aliphatic carbocycles. The van der Waals surface area contributed by atoms with Crippen LogP contribution in [0, 0.1) is 17.2 Å². The summed E-state index contributed by atoms with van der Waals surface area (Å²) in [5.74, 6) is -1.73. The molecule has 0 saturated carbocycles. The molecule has 112 valence electrons. The zero-order chi connectivity index (χ0) is 16.0. The maximum atomic E-state index is 11.8. The summed E-state index contributed by atoms with van der Waals surface area (Å²) in [6.07, 6.45) is 0. The Morgan fingerprint density at radius 1 is 1.52 bits per heavy atom. The minimum absolute atomic E-state index is 0.0647. The number of nitriles is 1. The smallest absolute Gasteiger partial charge is 0.307 e. The Morgan fingerprint density at radius 2 is 2.19 bits per heavy atom. The van der Waals surface area contributed by atoms with Gasteiger partial charge in [-0.25, -0.2) is 0 Å². The van der Waals surface area contributed by atoms with Crippen molar-refractivity contribution in [3.63, 3.8) is 0 Å². The molecule has 0 saturated heterocycles. The number of anilines is 1. The molecular weight excluding hydrogens is 294 g/mol. The lowest BCUT2D eigenvalue weighted by Gasteiger charge is -2.18. The number of aliphatic carboxylic acids is 1. The average molecular weight is 310 g/mol. The summed E-state index contributed by atoms with van der Waals surface area (Å²) in [4.78, 5) is 24.2. The van der Waals surface area contributed by atoms with Crippen molar-refractivity contribution >= 4 is 29.2 Å². The molecule has 6 nitrogen and oxygen atoms in total. The fourth-order valence-corrected chi connectivity index (χ4v) is 1.96. The van der Waals surface area contributed by atoms with Crippen LogP contribution in [0.5, 0.6) is 0 Å². The summed E-state index contributed by atoms with van der Waals surface area (Å²) in [5, 5.41) is 20.5. The summed E-state index contributed by atoms with van der Waals surface area (Å²) in [6, 6.07) is 6.54. The van der Waals surface area contributed by atoms with Gasteiger partial charge in [0.2, 0.25) is 5.91 Å². The lowest BCUT2D eigenvalue weighted by Crippen LogP contribution is -2.35. The standard InChI is InChI=1S/C14H16ClN3O3/c1-9(14(20)21)7-18(2)8-13(19)17-11-4-3-10(6-16)12(15)5-11/h3-5,9H,7-8H2,1-2H3,(H,17,19)(H,20,21). The van der Waals surface area contributed by atoms with Crippen LogP contribution < -0.4 is 5.32 Å². The summed E-state index contributed by atoms with van der Waals surface area (Å²) < 4.78 is 0. The molecule has 1 rings (SSSR count). The Kier molecular flexibility index (Phi) is 6.15. The largest absolute Gasteiger partial charge is 0.481 e. The molecule has 7 heteroatoms. The van der Waals surface area contributed by atoms with E-state index >= 15 is 0 Å². The normalized spacial score (nSPS) is 11.8. The number of nitrogens with one attached hydrogen (secondary N) is 1. The van der Waals surface area contributed by atoms with Gasteiger partial charge in [0.15, 0.2) is 0 Å². The van der Waals surface area contributed by atoms with Gasteiger partial charge < -0.3 is 10.4 Å². The highest BCUT2D eigenvalue weighted by atomic mass is 35.5. The molecule has 21 heavy (non-hydrogen) atoms. The van der Waals surface area contributed by atoms with E-state index in [1.165, 1.54) is 12.1 Å². The number of halogens is 1. The number of likely N-dealkylation sites (N-methyl/N-ethyl adjacent to an activating group) is 1. The van der Waals surface area contributed by atoms with Gasteiger partial charge in [-0.15, -0.1) is 0 Å². The van der Waals surface area contributed by atoms with E-state index in [-0.39, 0.29) is 24.0 Å². The summed E-state index contributed by atoms with van der Waals surface area (Å²) in [7, 11) is 1.67. The van der Waals surface area contributed by atoms with Gasteiger partial charge >= 0.3 is 5.97 Å². The highest BCUT2D eigenvalue weighted by Crippen LogP contribution is 2.20. The van der Waals surface area contributed by atoms with Crippen molar-refractivity contribution in [1.29, 1.82) is 5.26 Å². The lowest BCUT2D eigenvalue weighted by atomic mass is 10.2. The second-order valence-corrected chi connectivity index (χ2v) is 5.20. The minimum Gasteiger partial charge on any atom is -0.481 e. The predicted molar refractivity (Wildman–Crippen MR) is 79.1 cm³/mol. The Hall–Kier alpha value is -2.10. The molecule has 0 aliphatic heterocycles. The first-order valence-electron chi connectivity index (χ1n) is 6.24. The van der Waals surface area contributed by atoms with E-state index in [4.69, 9.17) is 22.0 Å². The van der Waals surface area contributed by atoms with Gasteiger partial charge in [-0.3, -0.25) is 14.5 Å². The number of nitrogens with zero attached hydrogens (tertiary/aromatic N) is 2. The molecule has 2 N–H and O–H groups in total. The number of rotatable bonds is 6. The molecular formula is C14H16ClN3O3. The van der Waals surface area contributed by atoms with E-state index < -0.39 is 11.9 Å². The molecule has 0 aliphatic rings. The van der Waals surface area contributed by atoms with Crippen LogP contribution in [-0.4, -0.2) is 42.0 Å². The van der Waals surface area contributed by atoms with E-state index in [0.29, 0.717) is 11.3 Å². The quantitative estimate of drug-likeness (QED) is 0.835. The lowest BCUT2D eigenvalue weighted by molar-refractivity contribution is -0.141. The summed E-state index contributed by atoms with van der Waals surface area (Å²) in [6.45, 7) is 1.92. The van der Waals surface area contributed by atoms with Crippen molar-refractivity contribution in [2.75, 3.05) is 25.5 Å². The van der Waals surface area contributed by atoms with Gasteiger partial charge in [0.1, 0.15) is 6.07 Å². The van der Waals surface area contributed by atoms with E-state index in [0.717, 1.165) is 0 Å². The first kappa shape index (κ1) is 17.0. The summed E-state index contributed by atoms with van der Waals surface area (Å²) in [5.41, 5.74) is 0.825. The van der Waals surface area contributed by atoms with Gasteiger partial charge in [0.25, 0.3) is 0 Å². The SMILES string of the molecule is CC(CN(C)CC(=O)Nc1ccc(C#N)c(Cl)c1)C(=O)O.